The quantitative estimate of drug-likeness (QED) is 0.256. The molecule has 0 bridgehead atoms. The second-order valence-electron chi connectivity index (χ2n) is 7.31. The second kappa shape index (κ2) is 10.3. The first-order chi connectivity index (χ1) is 16.9. The van der Waals surface area contributed by atoms with Crippen LogP contribution < -0.4 is 20.5 Å². The predicted molar refractivity (Wildman–Crippen MR) is 124 cm³/mol. The molecule has 0 saturated carbocycles. The first-order valence-electron chi connectivity index (χ1n) is 10.4. The fraction of sp³-hybridized carbons (Fsp3) is 0. The molecule has 2 N–H and O–H groups in total. The molecule has 0 aliphatic carbocycles. The molecular weight excluding hydrogens is 454 g/mol. The lowest BCUT2D eigenvalue weighted by molar-refractivity contribution is -0.641. The molecule has 35 heavy (non-hydrogen) atoms. The van der Waals surface area contributed by atoms with E-state index in [2.05, 4.69) is 15.7 Å². The normalized spacial score (nSPS) is 11.1. The van der Waals surface area contributed by atoms with Crippen LogP contribution in [0.1, 0.15) is 26.3 Å². The lowest BCUT2D eigenvalue weighted by atomic mass is 10.1. The molecule has 174 valence electrons. The molecule has 2 amide bonds. The second-order valence-corrected chi connectivity index (χ2v) is 7.31. The van der Waals surface area contributed by atoms with Crippen molar-refractivity contribution < 1.29 is 28.2 Å². The van der Waals surface area contributed by atoms with Crippen molar-refractivity contribution in [3.8, 4) is 0 Å². The monoisotopic (exact) mass is 472 g/mol. The lowest BCUT2D eigenvalue weighted by Crippen LogP contribution is -2.47. The van der Waals surface area contributed by atoms with Crippen molar-refractivity contribution in [1.29, 1.82) is 0 Å². The number of hydrogen-bond donors (Lipinski definition) is 2. The van der Waals surface area contributed by atoms with Gasteiger partial charge in [0.1, 0.15) is 11.6 Å². The van der Waals surface area contributed by atoms with E-state index in [1.54, 1.807) is 30.6 Å². The van der Waals surface area contributed by atoms with E-state index in [1.807, 2.05) is 0 Å². The number of hydrogen-bond acceptors (Lipinski definition) is 4. The van der Waals surface area contributed by atoms with Gasteiger partial charge < -0.3 is 10.4 Å². The zero-order valence-corrected chi connectivity index (χ0v) is 18.1. The molecule has 3 aromatic carbocycles. The van der Waals surface area contributed by atoms with Gasteiger partial charge >= 0.3 is 5.91 Å². The van der Waals surface area contributed by atoms with Crippen LogP contribution in [0.4, 0.5) is 20.2 Å². The predicted octanol–water partition coefficient (Wildman–Crippen LogP) is 3.33. The van der Waals surface area contributed by atoms with Crippen molar-refractivity contribution in [3.63, 3.8) is 0 Å². The van der Waals surface area contributed by atoms with Crippen molar-refractivity contribution in [1.82, 2.24) is 0 Å². The SMILES string of the molecule is O=C(Nc1cccc(N=C([O-])c2ccc(F)cc2)c1C(=O)N[n+]1ccccc1)c1ccc(F)cc1. The molecule has 7 nitrogen and oxygen atoms in total. The highest BCUT2D eigenvalue weighted by Gasteiger charge is 2.21. The van der Waals surface area contributed by atoms with E-state index in [0.717, 1.165) is 24.3 Å². The van der Waals surface area contributed by atoms with Gasteiger partial charge in [-0.15, -0.1) is 5.43 Å². The standard InChI is InChI=1S/C26H18F2N4O3/c27-19-11-7-17(8-12-19)24(33)29-21-5-4-6-22(30-25(34)18-9-13-20(28)14-10-18)23(21)26(35)31-32-15-2-1-3-16-32/h1-16H,(H2-,29,30,31,33,34,35). The number of nitrogens with zero attached hydrogens (tertiary/aromatic N) is 2. The highest BCUT2D eigenvalue weighted by Crippen LogP contribution is 2.28. The Morgan fingerprint density at radius 1 is 0.743 bits per heavy atom. The van der Waals surface area contributed by atoms with Crippen LogP contribution in [-0.4, -0.2) is 17.7 Å². The van der Waals surface area contributed by atoms with Crippen molar-refractivity contribution >= 4 is 29.1 Å². The fourth-order valence-corrected chi connectivity index (χ4v) is 3.18. The van der Waals surface area contributed by atoms with Crippen molar-refractivity contribution in [2.75, 3.05) is 10.7 Å². The number of carbonyl (C=O) groups is 2. The molecule has 0 saturated heterocycles. The van der Waals surface area contributed by atoms with Crippen LogP contribution in [0.5, 0.6) is 0 Å². The Kier molecular flexibility index (Phi) is 6.87. The molecule has 0 fully saturated rings. The number of aliphatic imine (C=N–C) groups is 1. The summed E-state index contributed by atoms with van der Waals surface area (Å²) in [7, 11) is 0. The van der Waals surface area contributed by atoms with Crippen LogP contribution >= 0.6 is 0 Å². The minimum Gasteiger partial charge on any atom is -0.858 e. The summed E-state index contributed by atoms with van der Waals surface area (Å²) in [6.45, 7) is 0. The van der Waals surface area contributed by atoms with Crippen LogP contribution in [0.2, 0.25) is 0 Å². The maximum atomic E-state index is 13.2. The van der Waals surface area contributed by atoms with E-state index in [0.29, 0.717) is 0 Å². The number of halogens is 2. The zero-order chi connectivity index (χ0) is 24.8. The Balaban J connectivity index is 1.74. The molecule has 0 radical (unpaired) electrons. The Labute approximate surface area is 199 Å². The maximum Gasteiger partial charge on any atom is 0.309 e. The van der Waals surface area contributed by atoms with Gasteiger partial charge in [-0.1, -0.05) is 28.9 Å². The Morgan fingerprint density at radius 2 is 1.34 bits per heavy atom. The van der Waals surface area contributed by atoms with Gasteiger partial charge in [0.15, 0.2) is 12.4 Å². The van der Waals surface area contributed by atoms with Gasteiger partial charge in [0.25, 0.3) is 5.91 Å². The first-order valence-corrected chi connectivity index (χ1v) is 10.4. The third-order valence-corrected chi connectivity index (χ3v) is 4.88. The highest BCUT2D eigenvalue weighted by atomic mass is 19.1. The summed E-state index contributed by atoms with van der Waals surface area (Å²) in [5.41, 5.74) is 2.93. The number of carbonyl (C=O) groups excluding carboxylic acids is 2. The van der Waals surface area contributed by atoms with E-state index in [4.69, 9.17) is 0 Å². The fourth-order valence-electron chi connectivity index (χ4n) is 3.18. The number of nitrogens with one attached hydrogen (secondary N) is 2. The van der Waals surface area contributed by atoms with Crippen LogP contribution in [0.3, 0.4) is 0 Å². The van der Waals surface area contributed by atoms with Crippen molar-refractivity contribution in [2.45, 2.75) is 0 Å². The van der Waals surface area contributed by atoms with Crippen LogP contribution in [0, 0.1) is 11.6 Å². The number of amides is 2. The smallest absolute Gasteiger partial charge is 0.309 e. The van der Waals surface area contributed by atoms with Gasteiger partial charge in [-0.2, -0.15) is 0 Å². The van der Waals surface area contributed by atoms with Crippen LogP contribution in [0.15, 0.2) is 102 Å². The summed E-state index contributed by atoms with van der Waals surface area (Å²) in [4.78, 5) is 30.0. The molecular formula is C26H18F2N4O3. The van der Waals surface area contributed by atoms with E-state index < -0.39 is 29.3 Å². The van der Waals surface area contributed by atoms with Crippen LogP contribution in [-0.2, 0) is 0 Å². The molecule has 0 aliphatic heterocycles. The molecule has 0 spiro atoms. The number of anilines is 1. The number of rotatable bonds is 6. The average Bonchev–Trinajstić information content (AvgIpc) is 2.85. The van der Waals surface area contributed by atoms with Gasteiger partial charge in [0.2, 0.25) is 0 Å². The molecule has 1 aromatic heterocycles. The largest absolute Gasteiger partial charge is 0.858 e. The minimum absolute atomic E-state index is 0.00902. The first kappa shape index (κ1) is 23.2. The topological polar surface area (TPSA) is 97.5 Å². The summed E-state index contributed by atoms with van der Waals surface area (Å²) in [6, 6.07) is 19.3. The summed E-state index contributed by atoms with van der Waals surface area (Å²) >= 11 is 0. The van der Waals surface area contributed by atoms with Gasteiger partial charge in [0.05, 0.1) is 16.9 Å². The minimum atomic E-state index is -0.701. The van der Waals surface area contributed by atoms with E-state index in [9.17, 15) is 23.5 Å². The van der Waals surface area contributed by atoms with Gasteiger partial charge in [-0.25, -0.2) is 8.78 Å². The van der Waals surface area contributed by atoms with E-state index >= 15 is 0 Å². The van der Waals surface area contributed by atoms with Crippen molar-refractivity contribution in [2.24, 2.45) is 4.99 Å². The third-order valence-electron chi connectivity index (χ3n) is 4.88. The van der Waals surface area contributed by atoms with Gasteiger partial charge in [0, 0.05) is 17.7 Å². The molecule has 0 aliphatic rings. The lowest BCUT2D eigenvalue weighted by Gasteiger charge is -2.15. The summed E-state index contributed by atoms with van der Waals surface area (Å²) in [6.07, 6.45) is 3.19. The molecule has 0 unspecified atom stereocenters. The molecule has 4 rings (SSSR count). The maximum absolute atomic E-state index is 13.2. The van der Waals surface area contributed by atoms with Crippen molar-refractivity contribution in [3.05, 3.63) is 126 Å². The number of aromatic nitrogens is 1. The summed E-state index contributed by atoms with van der Waals surface area (Å²) in [5, 5.41) is 15.3. The Hall–Kier alpha value is -4.92. The highest BCUT2D eigenvalue weighted by molar-refractivity contribution is 6.13. The zero-order valence-electron chi connectivity index (χ0n) is 18.1. The van der Waals surface area contributed by atoms with Crippen LogP contribution in [0.25, 0.3) is 0 Å². The van der Waals surface area contributed by atoms with Gasteiger partial charge in [-0.3, -0.25) is 14.6 Å². The summed E-state index contributed by atoms with van der Waals surface area (Å²) in [5.74, 6) is -2.95. The Morgan fingerprint density at radius 3 is 1.97 bits per heavy atom. The molecule has 9 heteroatoms. The molecule has 0 atom stereocenters. The average molecular weight is 472 g/mol. The molecule has 4 aromatic rings. The number of pyridine rings is 1. The van der Waals surface area contributed by atoms with E-state index in [-0.39, 0.29) is 28.1 Å². The van der Waals surface area contributed by atoms with E-state index in [1.165, 1.54) is 47.1 Å². The van der Waals surface area contributed by atoms with Gasteiger partial charge in [-0.05, 0) is 60.0 Å². The number of benzene rings is 3. The molecule has 1 heterocycles. The Bertz CT molecular complexity index is 1390. The summed E-state index contributed by atoms with van der Waals surface area (Å²) < 4.78 is 27.9. The third kappa shape index (κ3) is 5.72.